The molecule has 468 valence electrons. The quantitative estimate of drug-likeness (QED) is 0.0907. The highest BCUT2D eigenvalue weighted by Gasteiger charge is 2.74. The zero-order valence-corrected chi connectivity index (χ0v) is 53.3. The number of hydrogen-bond acceptors (Lipinski definition) is 11. The highest BCUT2D eigenvalue weighted by molar-refractivity contribution is 6.32. The minimum Gasteiger partial charge on any atom is -0.481 e. The third-order valence-corrected chi connectivity index (χ3v) is 22.2. The number of carbonyl (C=O) groups is 4. The number of aliphatic hydroxyl groups excluding tert-OH is 2. The second kappa shape index (κ2) is 25.3. The van der Waals surface area contributed by atoms with E-state index in [0.717, 1.165) is 63.4 Å². The van der Waals surface area contributed by atoms with Crippen molar-refractivity contribution in [2.24, 2.45) is 45.1 Å². The molecule has 0 radical (unpaired) electrons. The second-order valence-corrected chi connectivity index (χ2v) is 29.0. The summed E-state index contributed by atoms with van der Waals surface area (Å²) in [7, 11) is 0. The Hall–Kier alpha value is -4.07. The molecule has 12 rings (SSSR count). The number of aromatic nitrogens is 2. The molecular formula is C65H80Cl5F2N5O9. The van der Waals surface area contributed by atoms with Gasteiger partial charge in [-0.3, -0.25) is 19.2 Å². The number of carboxylic acid groups (broad SMARTS) is 1. The number of nitrogens with two attached hydrogens (primary N) is 1. The van der Waals surface area contributed by atoms with Crippen molar-refractivity contribution in [1.29, 1.82) is 0 Å². The summed E-state index contributed by atoms with van der Waals surface area (Å²) in [6.07, 6.45) is 12.4. The van der Waals surface area contributed by atoms with Crippen LogP contribution in [0.25, 0.3) is 0 Å². The molecule has 2 amide bonds. The Bertz CT molecular complexity index is 3210. The van der Waals surface area contributed by atoms with Gasteiger partial charge in [-0.2, -0.15) is 0 Å². The summed E-state index contributed by atoms with van der Waals surface area (Å²) >= 11 is 24.9. The van der Waals surface area contributed by atoms with E-state index in [1.54, 1.807) is 50.2 Å². The summed E-state index contributed by atoms with van der Waals surface area (Å²) in [6.45, 7) is 13.3. The van der Waals surface area contributed by atoms with Crippen LogP contribution in [-0.2, 0) is 39.5 Å². The van der Waals surface area contributed by atoms with Gasteiger partial charge in [-0.1, -0.05) is 86.2 Å². The molecule has 8 aliphatic rings. The number of carbonyl (C=O) groups excluding carboxylic acids is 3. The lowest BCUT2D eigenvalue weighted by atomic mass is 9.51. The predicted molar refractivity (Wildman–Crippen MR) is 330 cm³/mol. The molecule has 6 heterocycles. The number of aliphatic carboxylic acids is 1. The van der Waals surface area contributed by atoms with E-state index in [1.165, 1.54) is 18.5 Å². The van der Waals surface area contributed by atoms with E-state index in [4.69, 9.17) is 66.7 Å². The average Bonchev–Trinajstić information content (AvgIpc) is 1.52. The summed E-state index contributed by atoms with van der Waals surface area (Å²) in [4.78, 5) is 63.4. The van der Waals surface area contributed by atoms with E-state index in [9.17, 15) is 29.4 Å². The molecule has 2 unspecified atom stereocenters. The maximum Gasteiger partial charge on any atom is 0.307 e. The number of hydrogen-bond donors (Lipinski definition) is 6. The molecule has 4 aliphatic heterocycles. The Morgan fingerprint density at radius 3 is 1.47 bits per heavy atom. The summed E-state index contributed by atoms with van der Waals surface area (Å²) in [6, 6.07) is 13.9. The van der Waals surface area contributed by atoms with Gasteiger partial charge in [-0.05, 0) is 190 Å². The second-order valence-electron chi connectivity index (χ2n) is 27.4. The molecule has 4 saturated carbocycles. The van der Waals surface area contributed by atoms with Gasteiger partial charge in [0, 0.05) is 64.0 Å². The van der Waals surface area contributed by atoms with Crippen molar-refractivity contribution < 1.29 is 52.8 Å². The first-order valence-corrected chi connectivity index (χ1v) is 31.6. The predicted octanol–water partition coefficient (Wildman–Crippen LogP) is 13.7. The van der Waals surface area contributed by atoms with Gasteiger partial charge in [-0.25, -0.2) is 18.7 Å². The zero-order valence-electron chi connectivity index (χ0n) is 49.5. The van der Waals surface area contributed by atoms with Crippen molar-refractivity contribution in [3.05, 3.63) is 115 Å². The number of pyridine rings is 2. The van der Waals surface area contributed by atoms with E-state index in [2.05, 4.69) is 48.3 Å². The monoisotopic (exact) mass is 1290 g/mol. The largest absolute Gasteiger partial charge is 0.481 e. The van der Waals surface area contributed by atoms with Crippen molar-refractivity contribution in [3.8, 4) is 0 Å². The number of fused-ring (bicyclic) bond motifs is 6. The lowest BCUT2D eigenvalue weighted by Crippen LogP contribution is -2.52. The molecule has 2 aromatic heterocycles. The topological polar surface area (TPSA) is 223 Å². The van der Waals surface area contributed by atoms with Crippen LogP contribution < -0.4 is 16.4 Å². The molecule has 14 nitrogen and oxygen atoms in total. The van der Waals surface area contributed by atoms with Gasteiger partial charge in [0.25, 0.3) is 0 Å². The Morgan fingerprint density at radius 1 is 0.651 bits per heavy atom. The van der Waals surface area contributed by atoms with Gasteiger partial charge in [0.15, 0.2) is 21.9 Å². The van der Waals surface area contributed by atoms with Crippen LogP contribution in [0, 0.1) is 51.0 Å². The normalized spacial score (nSPS) is 31.3. The van der Waals surface area contributed by atoms with Gasteiger partial charge in [0.1, 0.15) is 5.78 Å². The number of aliphatic hydroxyl groups is 2. The molecule has 2 aromatic carbocycles. The van der Waals surface area contributed by atoms with Crippen molar-refractivity contribution >= 4 is 93.8 Å². The van der Waals surface area contributed by atoms with Gasteiger partial charge >= 0.3 is 5.97 Å². The van der Waals surface area contributed by atoms with Crippen molar-refractivity contribution in [2.45, 2.75) is 191 Å². The molecule has 12 atom stereocenters. The Kier molecular flexibility index (Phi) is 19.5. The fourth-order valence-corrected chi connectivity index (χ4v) is 17.4. The highest BCUT2D eigenvalue weighted by Crippen LogP contribution is 2.74. The first kappa shape index (κ1) is 66.4. The maximum absolute atomic E-state index is 16.0. The van der Waals surface area contributed by atoms with E-state index in [1.807, 2.05) is 6.07 Å². The van der Waals surface area contributed by atoms with Crippen LogP contribution in [-0.4, -0.2) is 92.5 Å². The smallest absolute Gasteiger partial charge is 0.307 e. The minimum absolute atomic E-state index is 0. The number of Topliss-reactive ketones (excluding diaryl/α,β-unsaturated/α-hetero) is 1. The molecule has 4 spiro atoms. The number of rotatable bonds is 8. The fraction of sp³-hybridized carbons (Fsp3) is 0.600. The van der Waals surface area contributed by atoms with Crippen molar-refractivity contribution in [1.82, 2.24) is 9.97 Å². The number of halogens is 7. The van der Waals surface area contributed by atoms with Crippen LogP contribution in [0.15, 0.2) is 60.9 Å². The molecule has 2 saturated heterocycles. The molecule has 0 bridgehead atoms. The van der Waals surface area contributed by atoms with Gasteiger partial charge < -0.3 is 41.2 Å². The van der Waals surface area contributed by atoms with Crippen LogP contribution in [0.5, 0.6) is 0 Å². The maximum atomic E-state index is 16.0. The number of nitrogens with one attached hydrogen (secondary N) is 2. The molecule has 4 aromatic rings. The standard InChI is InChI=1S/C33H39Cl2FN2O4.C25H25Cl2FN2O3.C7H15NO2.ClH/c1-18(39)26-7-4-19(17-42-26)14-25(40)22-16-32(11-9-31(2,3)10-12-32)33(27(22)21-8-13-37-29(35)28(21)36)23-6-5-20(34)15-24(23)38-30(33)41;1-23(2)6-8-24(9-7-23)12-15(21(31)32)18(14-5-10-29-20(27)19(14)28)25(24)16-4-3-13(26)11-17(16)30-22(25)33;1-5(9)7-3-2-6(8)4-10-7;/h5-6,8,13,15,18-19,22,26-27,39H,4,7,9-12,14,16-17H2,1-3H3,(H,38,41);3-5,10-11,15,18H,6-9,12H2,1-2H3,(H,30,33)(H,31,32);5-7,9H,2-4,8H2,1H3;1H/t18?,19-,22-,26-,27-,33+;15-,18+,25-;5?,6-,7+;/m011./s1. The highest BCUT2D eigenvalue weighted by atomic mass is 35.5. The number of benzene rings is 2. The lowest BCUT2D eigenvalue weighted by molar-refractivity contribution is -0.142. The van der Waals surface area contributed by atoms with Crippen LogP contribution in [0.2, 0.25) is 20.4 Å². The molecular weight excluding hydrogens is 1210 g/mol. The first-order valence-electron chi connectivity index (χ1n) is 30.0. The van der Waals surface area contributed by atoms with E-state index in [-0.39, 0.29) is 105 Å². The fourth-order valence-electron chi connectivity index (χ4n) is 16.7. The lowest BCUT2D eigenvalue weighted by Gasteiger charge is -2.51. The Labute approximate surface area is 528 Å². The Balaban J connectivity index is 0.000000178. The number of carboxylic acids is 1. The van der Waals surface area contributed by atoms with Gasteiger partial charge in [0.2, 0.25) is 11.8 Å². The summed E-state index contributed by atoms with van der Waals surface area (Å²) in [5.41, 5.74) is 5.22. The summed E-state index contributed by atoms with van der Waals surface area (Å²) < 4.78 is 42.7. The van der Waals surface area contributed by atoms with Crippen molar-refractivity contribution in [2.75, 3.05) is 23.8 Å². The van der Waals surface area contributed by atoms with Crippen molar-refractivity contribution in [3.63, 3.8) is 0 Å². The number of ketones is 1. The Morgan fingerprint density at radius 2 is 1.07 bits per heavy atom. The number of ether oxygens (including phenoxy) is 2. The molecule has 6 fully saturated rings. The average molecular weight is 1290 g/mol. The summed E-state index contributed by atoms with van der Waals surface area (Å²) in [5, 5.41) is 35.8. The van der Waals surface area contributed by atoms with Crippen LogP contribution in [0.3, 0.4) is 0 Å². The van der Waals surface area contributed by atoms with Crippen LogP contribution in [0.1, 0.15) is 172 Å². The van der Waals surface area contributed by atoms with E-state index in [0.29, 0.717) is 65.9 Å². The van der Waals surface area contributed by atoms with Gasteiger partial charge in [-0.15, -0.1) is 12.4 Å². The summed E-state index contributed by atoms with van der Waals surface area (Å²) in [5.74, 6) is -6.19. The van der Waals surface area contributed by atoms with Crippen LogP contribution >= 0.6 is 58.8 Å². The molecule has 21 heteroatoms. The van der Waals surface area contributed by atoms with E-state index >= 15 is 8.78 Å². The van der Waals surface area contributed by atoms with E-state index < -0.39 is 69.0 Å². The molecule has 7 N–H and O–H groups in total. The SMILES string of the molecule is CC(O)[C@@H]1CC[C@@H](CC(=O)[C@@H]2CC3(CCC(C)(C)CC3)[C@@]3(C(=O)Nc4cc(Cl)ccc43)[C@H]2c2ccnc(Cl)c2F)CO1.CC(O)[C@@H]1CC[C@@H](N)CO1.CC1(C)CCC2(CC1)C[C@@H](C(=O)O)[C@H](c1ccnc(Cl)c1F)[C@]21C(=O)Nc2cc(Cl)ccc21.Cl. The number of anilines is 2. The first-order chi connectivity index (χ1) is 40.1. The van der Waals surface area contributed by atoms with Gasteiger partial charge in [0.05, 0.1) is 54.4 Å². The molecule has 86 heavy (non-hydrogen) atoms. The third kappa shape index (κ3) is 11.7. The molecule has 4 aliphatic carbocycles. The third-order valence-electron chi connectivity index (χ3n) is 21.3. The minimum atomic E-state index is -1.25. The number of nitrogens with zero attached hydrogens (tertiary/aromatic N) is 2. The van der Waals surface area contributed by atoms with Crippen LogP contribution in [0.4, 0.5) is 20.2 Å². The zero-order chi connectivity index (χ0) is 61.3. The number of amides is 2.